The van der Waals surface area contributed by atoms with Crippen LogP contribution in [0.4, 0.5) is 15.8 Å². The van der Waals surface area contributed by atoms with Gasteiger partial charge in [0.05, 0.1) is 28.3 Å². The lowest BCUT2D eigenvalue weighted by Gasteiger charge is -2.20. The van der Waals surface area contributed by atoms with Gasteiger partial charge in [0.2, 0.25) is 15.9 Å². The summed E-state index contributed by atoms with van der Waals surface area (Å²) in [4.78, 5) is 13.2. The van der Waals surface area contributed by atoms with Gasteiger partial charge in [-0.1, -0.05) is 35.8 Å². The molecule has 1 saturated heterocycles. The highest BCUT2D eigenvalue weighted by molar-refractivity contribution is 7.88. The van der Waals surface area contributed by atoms with Crippen molar-refractivity contribution in [3.63, 3.8) is 0 Å². The molecule has 1 aliphatic heterocycles. The third-order valence-electron chi connectivity index (χ3n) is 6.55. The van der Waals surface area contributed by atoms with Gasteiger partial charge in [0, 0.05) is 30.6 Å². The fourth-order valence-corrected chi connectivity index (χ4v) is 5.57. The van der Waals surface area contributed by atoms with Gasteiger partial charge in [-0.3, -0.25) is 4.79 Å². The molecule has 8 nitrogen and oxygen atoms in total. The topological polar surface area (TPSA) is 105 Å². The molecule has 0 saturated carbocycles. The number of aromatic nitrogens is 1. The summed E-state index contributed by atoms with van der Waals surface area (Å²) >= 11 is 5.78. The van der Waals surface area contributed by atoms with Crippen LogP contribution in [-0.4, -0.2) is 49.2 Å². The van der Waals surface area contributed by atoms with E-state index in [1.807, 2.05) is 32.0 Å². The van der Waals surface area contributed by atoms with Crippen LogP contribution in [0.25, 0.3) is 11.1 Å². The van der Waals surface area contributed by atoms with Crippen molar-refractivity contribution < 1.29 is 22.1 Å². The van der Waals surface area contributed by atoms with Crippen molar-refractivity contribution in [3.05, 3.63) is 64.3 Å². The highest BCUT2D eigenvalue weighted by Crippen LogP contribution is 2.34. The monoisotopic (exact) mass is 548 g/mol. The van der Waals surface area contributed by atoms with Crippen molar-refractivity contribution in [1.82, 2.24) is 9.46 Å². The lowest BCUT2D eigenvalue weighted by atomic mass is 9.99. The van der Waals surface area contributed by atoms with Gasteiger partial charge in [0.25, 0.3) is 0 Å². The fraction of sp³-hybridized carbons (Fsp3) is 0.385. The third-order valence-corrected chi connectivity index (χ3v) is 8.13. The Kier molecular flexibility index (Phi) is 7.91. The molecule has 11 heteroatoms. The van der Waals surface area contributed by atoms with E-state index in [2.05, 4.69) is 15.8 Å². The number of carbonyl (C=O) groups excluding carboxylic acids is 1. The minimum absolute atomic E-state index is 0.0362. The predicted molar refractivity (Wildman–Crippen MR) is 143 cm³/mol. The molecule has 0 spiro atoms. The van der Waals surface area contributed by atoms with E-state index in [0.29, 0.717) is 48.6 Å². The minimum atomic E-state index is -3.28. The van der Waals surface area contributed by atoms with Gasteiger partial charge in [-0.05, 0) is 62.1 Å². The summed E-state index contributed by atoms with van der Waals surface area (Å²) in [6.45, 7) is 6.22. The van der Waals surface area contributed by atoms with Crippen LogP contribution in [0, 0.1) is 25.6 Å². The molecular formula is C26H30ClFN4O4S. The molecule has 3 aromatic rings. The summed E-state index contributed by atoms with van der Waals surface area (Å²) in [5.41, 5.74) is 4.29. The van der Waals surface area contributed by atoms with Crippen LogP contribution in [0.1, 0.15) is 30.4 Å². The largest absolute Gasteiger partial charge is 0.379 e. The van der Waals surface area contributed by atoms with Gasteiger partial charge in [-0.25, -0.2) is 17.1 Å². The van der Waals surface area contributed by atoms with E-state index in [1.165, 1.54) is 22.7 Å². The average Bonchev–Trinajstić information content (AvgIpc) is 3.43. The molecule has 37 heavy (non-hydrogen) atoms. The number of sulfonamides is 1. The first-order valence-corrected chi connectivity index (χ1v) is 14.2. The first-order valence-electron chi connectivity index (χ1n) is 12.0. The zero-order valence-corrected chi connectivity index (χ0v) is 22.7. The Morgan fingerprint density at radius 3 is 2.62 bits per heavy atom. The molecule has 1 unspecified atom stereocenters. The molecule has 2 aromatic carbocycles. The molecule has 198 valence electrons. The first kappa shape index (κ1) is 27.1. The molecule has 1 aromatic heterocycles. The van der Waals surface area contributed by atoms with Crippen molar-refractivity contribution in [1.29, 1.82) is 0 Å². The number of amides is 1. The van der Waals surface area contributed by atoms with E-state index < -0.39 is 21.8 Å². The summed E-state index contributed by atoms with van der Waals surface area (Å²) in [5.74, 6) is -0.555. The predicted octanol–water partition coefficient (Wildman–Crippen LogP) is 5.01. The van der Waals surface area contributed by atoms with Gasteiger partial charge in [-0.2, -0.15) is 0 Å². The Hall–Kier alpha value is -2.95. The molecule has 1 aliphatic rings. The zero-order chi connectivity index (χ0) is 26.9. The van der Waals surface area contributed by atoms with Gasteiger partial charge < -0.3 is 15.2 Å². The molecule has 2 N–H and O–H groups in total. The van der Waals surface area contributed by atoms with Gasteiger partial charge >= 0.3 is 0 Å². The smallest absolute Gasteiger partial charge is 0.227 e. The van der Waals surface area contributed by atoms with Gasteiger partial charge in [0.1, 0.15) is 11.6 Å². The van der Waals surface area contributed by atoms with Gasteiger partial charge in [-0.15, -0.1) is 0 Å². The number of aryl methyl sites for hydroxylation is 2. The number of nitrogens with zero attached hydrogens (tertiary/aromatic N) is 2. The van der Waals surface area contributed by atoms with Gasteiger partial charge in [0.15, 0.2) is 0 Å². The van der Waals surface area contributed by atoms with E-state index in [9.17, 15) is 17.6 Å². The number of hydrogen-bond donors (Lipinski definition) is 2. The van der Waals surface area contributed by atoms with Crippen LogP contribution in [0.2, 0.25) is 5.02 Å². The molecule has 2 heterocycles. The van der Waals surface area contributed by atoms with E-state index in [1.54, 1.807) is 13.0 Å². The molecule has 4 rings (SSSR count). The van der Waals surface area contributed by atoms with Crippen molar-refractivity contribution >= 4 is 38.9 Å². The Balaban J connectivity index is 1.58. The van der Waals surface area contributed by atoms with E-state index in [-0.39, 0.29) is 17.0 Å². The molecule has 1 amide bonds. The van der Waals surface area contributed by atoms with Crippen LogP contribution in [0.5, 0.6) is 0 Å². The molecule has 0 bridgehead atoms. The second kappa shape index (κ2) is 10.8. The molecule has 1 fully saturated rings. The first-order chi connectivity index (χ1) is 17.4. The summed E-state index contributed by atoms with van der Waals surface area (Å²) in [5, 5.41) is 10.5. The maximum atomic E-state index is 13.9. The van der Waals surface area contributed by atoms with E-state index >= 15 is 0 Å². The second-order valence-electron chi connectivity index (χ2n) is 9.55. The molecule has 0 aliphatic carbocycles. The number of nitrogens with one attached hydrogen (secondary N) is 2. The fourth-order valence-electron chi connectivity index (χ4n) is 4.56. The summed E-state index contributed by atoms with van der Waals surface area (Å²) in [6.07, 6.45) is 2.18. The van der Waals surface area contributed by atoms with Crippen LogP contribution < -0.4 is 10.6 Å². The van der Waals surface area contributed by atoms with Crippen molar-refractivity contribution in [2.75, 3.05) is 30.0 Å². The lowest BCUT2D eigenvalue weighted by molar-refractivity contribution is -0.119. The summed E-state index contributed by atoms with van der Waals surface area (Å²) in [7, 11) is -3.28. The number of carbonyl (C=O) groups is 1. The average molecular weight is 549 g/mol. The van der Waals surface area contributed by atoms with Crippen LogP contribution in [0.3, 0.4) is 0 Å². The van der Waals surface area contributed by atoms with Crippen molar-refractivity contribution in [2.24, 2.45) is 5.92 Å². The SMILES string of the molecule is Cc1noc(C)c1-c1ccc(NC2CCN(S(C)(=O)=O)C2)c(NC(=O)[C@H](C)Cc2ccc(Cl)c(F)c2)c1. The van der Waals surface area contributed by atoms with Crippen molar-refractivity contribution in [3.8, 4) is 11.1 Å². The van der Waals surface area contributed by atoms with E-state index in [4.69, 9.17) is 16.1 Å². The quantitative estimate of drug-likeness (QED) is 0.410. The summed E-state index contributed by atoms with van der Waals surface area (Å²) in [6, 6.07) is 10.0. The highest BCUT2D eigenvalue weighted by atomic mass is 35.5. The molecule has 0 radical (unpaired) electrons. The number of anilines is 2. The molecular weight excluding hydrogens is 519 g/mol. The minimum Gasteiger partial charge on any atom is -0.379 e. The third kappa shape index (κ3) is 6.31. The lowest BCUT2D eigenvalue weighted by Crippen LogP contribution is -2.31. The van der Waals surface area contributed by atoms with Crippen LogP contribution in [-0.2, 0) is 21.2 Å². The zero-order valence-electron chi connectivity index (χ0n) is 21.1. The van der Waals surface area contributed by atoms with Crippen LogP contribution >= 0.6 is 11.6 Å². The summed E-state index contributed by atoms with van der Waals surface area (Å²) < 4.78 is 44.5. The van der Waals surface area contributed by atoms with Crippen LogP contribution in [0.15, 0.2) is 40.9 Å². The number of benzene rings is 2. The maximum Gasteiger partial charge on any atom is 0.227 e. The van der Waals surface area contributed by atoms with E-state index in [0.717, 1.165) is 16.8 Å². The Labute approximate surface area is 221 Å². The van der Waals surface area contributed by atoms with Crippen molar-refractivity contribution in [2.45, 2.75) is 39.7 Å². The Bertz CT molecular complexity index is 1410. The maximum absolute atomic E-state index is 13.9. The normalized spacial score (nSPS) is 17.1. The Morgan fingerprint density at radius 1 is 1.24 bits per heavy atom. The number of halogens is 2. The Morgan fingerprint density at radius 2 is 2.00 bits per heavy atom. The molecule has 2 atom stereocenters. The highest BCUT2D eigenvalue weighted by Gasteiger charge is 2.29. The number of hydrogen-bond acceptors (Lipinski definition) is 6. The second-order valence-corrected chi connectivity index (χ2v) is 11.9. The number of rotatable bonds is 8. The standard InChI is InChI=1S/C26H30ClFN4O4S/c1-15(11-18-5-7-21(27)22(28)12-18)26(33)30-24-13-19(25-16(2)31-36-17(25)3)6-8-23(24)29-20-9-10-32(14-20)37(4,34)35/h5-8,12-13,15,20,29H,9-11,14H2,1-4H3,(H,30,33)/t15-,20?/m1/s1.